The molecule has 1 aromatic carbocycles. The van der Waals surface area contributed by atoms with Gasteiger partial charge in [-0.25, -0.2) is 0 Å². The van der Waals surface area contributed by atoms with E-state index in [1.54, 1.807) is 0 Å². The molecule has 2 N–H and O–H groups in total. The van der Waals surface area contributed by atoms with Gasteiger partial charge in [0.05, 0.1) is 0 Å². The third-order valence-corrected chi connectivity index (χ3v) is 4.47. The molecule has 1 aromatic heterocycles. The summed E-state index contributed by atoms with van der Waals surface area (Å²) in [4.78, 5) is 15.0. The summed E-state index contributed by atoms with van der Waals surface area (Å²) in [5.74, 6) is -0.727. The van der Waals surface area contributed by atoms with Crippen molar-refractivity contribution in [2.45, 2.75) is 45.4 Å². The molecule has 3 nitrogen and oxygen atoms in total. The number of H-pyrrole nitrogens is 1. The summed E-state index contributed by atoms with van der Waals surface area (Å²) < 4.78 is 0. The molecule has 0 amide bonds. The van der Waals surface area contributed by atoms with Crippen molar-refractivity contribution in [3.05, 3.63) is 34.5 Å². The lowest BCUT2D eigenvalue weighted by Crippen LogP contribution is -2.36. The van der Waals surface area contributed by atoms with Crippen LogP contribution in [0, 0.1) is 13.8 Å². The van der Waals surface area contributed by atoms with Gasteiger partial charge in [0, 0.05) is 16.6 Å². The van der Waals surface area contributed by atoms with Gasteiger partial charge in [0.25, 0.3) is 0 Å². The summed E-state index contributed by atoms with van der Waals surface area (Å²) in [7, 11) is 0. The number of rotatable bonds is 1. The molecule has 0 saturated carbocycles. The number of hydrogen-bond donors (Lipinski definition) is 2. The molecule has 0 spiro atoms. The van der Waals surface area contributed by atoms with Gasteiger partial charge in [0.1, 0.15) is 5.41 Å². The van der Waals surface area contributed by atoms with Crippen molar-refractivity contribution in [3.63, 3.8) is 0 Å². The molecule has 1 atom stereocenters. The lowest BCUT2D eigenvalue weighted by molar-refractivity contribution is -0.143. The van der Waals surface area contributed by atoms with Crippen LogP contribution in [0.4, 0.5) is 0 Å². The number of hydrogen-bond acceptors (Lipinski definition) is 1. The molecular weight excluding hydrogens is 238 g/mol. The summed E-state index contributed by atoms with van der Waals surface area (Å²) in [6.07, 6.45) is 2.62. The molecule has 1 aliphatic carbocycles. The fourth-order valence-electron chi connectivity index (χ4n) is 3.48. The van der Waals surface area contributed by atoms with E-state index < -0.39 is 11.4 Å². The van der Waals surface area contributed by atoms with E-state index in [1.165, 1.54) is 22.1 Å². The maximum absolute atomic E-state index is 11.6. The summed E-state index contributed by atoms with van der Waals surface area (Å²) in [5.41, 5.74) is 4.88. The molecule has 0 fully saturated rings. The maximum atomic E-state index is 11.6. The standard InChI is InChI=1S/C16H19NO2/c1-9-7-10(2)13-11-5-4-6-16(3,15(18)19)14(11)17-12(13)8-9/h7-8,17H,4-6H2,1-3H3,(H,18,19). The number of aryl methyl sites for hydroxylation is 3. The molecule has 3 heteroatoms. The quantitative estimate of drug-likeness (QED) is 0.822. The van der Waals surface area contributed by atoms with Crippen LogP contribution >= 0.6 is 0 Å². The summed E-state index contributed by atoms with van der Waals surface area (Å²) >= 11 is 0. The largest absolute Gasteiger partial charge is 0.481 e. The van der Waals surface area contributed by atoms with Gasteiger partial charge in [-0.15, -0.1) is 0 Å². The van der Waals surface area contributed by atoms with Crippen molar-refractivity contribution in [1.29, 1.82) is 0 Å². The predicted octanol–water partition coefficient (Wildman–Crippen LogP) is 3.46. The van der Waals surface area contributed by atoms with Crippen molar-refractivity contribution in [2.75, 3.05) is 0 Å². The minimum Gasteiger partial charge on any atom is -0.481 e. The van der Waals surface area contributed by atoms with Crippen LogP contribution in [-0.2, 0) is 16.6 Å². The number of aromatic amines is 1. The van der Waals surface area contributed by atoms with Crippen LogP contribution in [-0.4, -0.2) is 16.1 Å². The van der Waals surface area contributed by atoms with E-state index >= 15 is 0 Å². The Morgan fingerprint density at radius 3 is 2.79 bits per heavy atom. The van der Waals surface area contributed by atoms with E-state index in [2.05, 4.69) is 31.0 Å². The molecular formula is C16H19NO2. The highest BCUT2D eigenvalue weighted by Gasteiger charge is 2.41. The monoisotopic (exact) mass is 257 g/mol. The first kappa shape index (κ1) is 12.3. The number of carboxylic acid groups (broad SMARTS) is 1. The molecule has 0 bridgehead atoms. The first-order valence-corrected chi connectivity index (χ1v) is 6.79. The second kappa shape index (κ2) is 3.86. The van der Waals surface area contributed by atoms with Gasteiger partial charge < -0.3 is 10.1 Å². The SMILES string of the molecule is Cc1cc(C)c2c3c([nH]c2c1)C(C)(C(=O)O)CCC3. The van der Waals surface area contributed by atoms with Crippen LogP contribution in [0.25, 0.3) is 10.9 Å². The van der Waals surface area contributed by atoms with E-state index in [0.29, 0.717) is 6.42 Å². The highest BCUT2D eigenvalue weighted by Crippen LogP contribution is 2.41. The van der Waals surface area contributed by atoms with Crippen molar-refractivity contribution >= 4 is 16.9 Å². The fraction of sp³-hybridized carbons (Fsp3) is 0.438. The van der Waals surface area contributed by atoms with E-state index in [1.807, 2.05) is 6.92 Å². The third kappa shape index (κ3) is 1.61. The number of fused-ring (bicyclic) bond motifs is 3. The second-order valence-electron chi connectivity index (χ2n) is 5.97. The molecule has 100 valence electrons. The van der Waals surface area contributed by atoms with Gasteiger partial charge >= 0.3 is 5.97 Å². The van der Waals surface area contributed by atoms with E-state index in [0.717, 1.165) is 24.1 Å². The van der Waals surface area contributed by atoms with Crippen LogP contribution in [0.15, 0.2) is 12.1 Å². The van der Waals surface area contributed by atoms with Crippen LogP contribution < -0.4 is 0 Å². The Morgan fingerprint density at radius 2 is 2.11 bits per heavy atom. The Balaban J connectivity index is 2.36. The summed E-state index contributed by atoms with van der Waals surface area (Å²) in [5, 5.41) is 10.8. The van der Waals surface area contributed by atoms with Crippen LogP contribution in [0.3, 0.4) is 0 Å². The van der Waals surface area contributed by atoms with E-state index in [9.17, 15) is 9.90 Å². The molecule has 2 aromatic rings. The van der Waals surface area contributed by atoms with Crippen LogP contribution in [0.5, 0.6) is 0 Å². The average molecular weight is 257 g/mol. The normalized spacial score (nSPS) is 22.5. The van der Waals surface area contributed by atoms with Gasteiger partial charge in [-0.1, -0.05) is 6.07 Å². The minimum atomic E-state index is -0.771. The molecule has 19 heavy (non-hydrogen) atoms. The lowest BCUT2D eigenvalue weighted by atomic mass is 9.74. The Kier molecular flexibility index (Phi) is 2.49. The van der Waals surface area contributed by atoms with Gasteiger partial charge in [0.2, 0.25) is 0 Å². The third-order valence-electron chi connectivity index (χ3n) is 4.47. The summed E-state index contributed by atoms with van der Waals surface area (Å²) in [6.45, 7) is 6.02. The van der Waals surface area contributed by atoms with Crippen LogP contribution in [0.1, 0.15) is 42.1 Å². The Labute approximate surface area is 112 Å². The van der Waals surface area contributed by atoms with Gasteiger partial charge in [-0.05, 0) is 62.8 Å². The highest BCUT2D eigenvalue weighted by molar-refractivity contribution is 5.92. The van der Waals surface area contributed by atoms with E-state index in [4.69, 9.17) is 0 Å². The van der Waals surface area contributed by atoms with Gasteiger partial charge in [-0.2, -0.15) is 0 Å². The van der Waals surface area contributed by atoms with Gasteiger partial charge in [0.15, 0.2) is 0 Å². The zero-order chi connectivity index (χ0) is 13.8. The lowest BCUT2D eigenvalue weighted by Gasteiger charge is -2.29. The second-order valence-corrected chi connectivity index (χ2v) is 5.97. The van der Waals surface area contributed by atoms with Crippen LogP contribution in [0.2, 0.25) is 0 Å². The zero-order valence-corrected chi connectivity index (χ0v) is 11.6. The Hall–Kier alpha value is -1.77. The van der Waals surface area contributed by atoms with Crippen molar-refractivity contribution in [1.82, 2.24) is 4.98 Å². The number of aromatic nitrogens is 1. The number of carbonyl (C=O) groups is 1. The minimum absolute atomic E-state index is 0.709. The van der Waals surface area contributed by atoms with Crippen molar-refractivity contribution in [2.24, 2.45) is 0 Å². The molecule has 1 unspecified atom stereocenters. The zero-order valence-electron chi connectivity index (χ0n) is 11.6. The predicted molar refractivity (Wildman–Crippen MR) is 75.7 cm³/mol. The number of carboxylic acids is 1. The topological polar surface area (TPSA) is 53.1 Å². The van der Waals surface area contributed by atoms with E-state index in [-0.39, 0.29) is 0 Å². The number of nitrogens with one attached hydrogen (secondary N) is 1. The highest BCUT2D eigenvalue weighted by atomic mass is 16.4. The van der Waals surface area contributed by atoms with Gasteiger partial charge in [-0.3, -0.25) is 4.79 Å². The molecule has 3 rings (SSSR count). The Morgan fingerprint density at radius 1 is 1.37 bits per heavy atom. The molecule has 0 saturated heterocycles. The Bertz CT molecular complexity index is 684. The van der Waals surface area contributed by atoms with Crippen molar-refractivity contribution in [3.8, 4) is 0 Å². The first-order chi connectivity index (χ1) is 8.93. The first-order valence-electron chi connectivity index (χ1n) is 6.79. The fourth-order valence-corrected chi connectivity index (χ4v) is 3.48. The average Bonchev–Trinajstić information content (AvgIpc) is 2.68. The molecule has 1 heterocycles. The maximum Gasteiger partial charge on any atom is 0.315 e. The molecule has 0 aliphatic heterocycles. The number of aliphatic carboxylic acids is 1. The molecule has 0 radical (unpaired) electrons. The number of benzene rings is 1. The van der Waals surface area contributed by atoms with Crippen molar-refractivity contribution < 1.29 is 9.90 Å². The smallest absolute Gasteiger partial charge is 0.315 e. The molecule has 1 aliphatic rings. The summed E-state index contributed by atoms with van der Waals surface area (Å²) in [6, 6.07) is 4.28.